The molecular formula is C12H25N3O4S. The second kappa shape index (κ2) is 7.92. The van der Waals surface area contributed by atoms with Crippen molar-refractivity contribution in [3.05, 3.63) is 0 Å². The molecule has 1 aliphatic heterocycles. The number of nitrogens with zero attached hydrogens (tertiary/aromatic N) is 1. The van der Waals surface area contributed by atoms with Crippen LogP contribution < -0.4 is 11.1 Å². The molecule has 0 spiro atoms. The van der Waals surface area contributed by atoms with Crippen LogP contribution in [-0.4, -0.2) is 62.8 Å². The monoisotopic (exact) mass is 307 g/mol. The number of nitrogens with two attached hydrogens (primary N) is 1. The molecule has 0 aliphatic carbocycles. The average Bonchev–Trinajstić information content (AvgIpc) is 2.45. The Balaban J connectivity index is 2.90. The van der Waals surface area contributed by atoms with Gasteiger partial charge in [-0.3, -0.25) is 4.79 Å². The number of amides is 1. The molecule has 1 saturated heterocycles. The van der Waals surface area contributed by atoms with E-state index in [0.717, 1.165) is 6.42 Å². The highest BCUT2D eigenvalue weighted by Crippen LogP contribution is 2.18. The van der Waals surface area contributed by atoms with E-state index >= 15 is 0 Å². The number of carbonyl (C=O) groups excluding carboxylic acids is 1. The van der Waals surface area contributed by atoms with Crippen LogP contribution in [0.5, 0.6) is 0 Å². The number of nitrogens with one attached hydrogen (secondary N) is 1. The van der Waals surface area contributed by atoms with Crippen LogP contribution in [0.3, 0.4) is 0 Å². The Hall–Kier alpha value is -0.700. The van der Waals surface area contributed by atoms with Gasteiger partial charge in [-0.1, -0.05) is 13.8 Å². The third-order valence-corrected chi connectivity index (χ3v) is 5.86. The van der Waals surface area contributed by atoms with Gasteiger partial charge in [0.15, 0.2) is 0 Å². The molecule has 118 valence electrons. The van der Waals surface area contributed by atoms with E-state index in [1.807, 2.05) is 6.92 Å². The summed E-state index contributed by atoms with van der Waals surface area (Å²) in [6.07, 6.45) is 1.23. The third kappa shape index (κ3) is 3.91. The van der Waals surface area contributed by atoms with Gasteiger partial charge in [-0.05, 0) is 12.8 Å². The number of ether oxygens (including phenoxy) is 1. The molecule has 1 heterocycles. The van der Waals surface area contributed by atoms with Crippen molar-refractivity contribution in [2.24, 2.45) is 5.73 Å². The van der Waals surface area contributed by atoms with Gasteiger partial charge >= 0.3 is 0 Å². The highest BCUT2D eigenvalue weighted by Gasteiger charge is 2.40. The van der Waals surface area contributed by atoms with Crippen molar-refractivity contribution in [1.29, 1.82) is 0 Å². The summed E-state index contributed by atoms with van der Waals surface area (Å²) in [6, 6.07) is -0.791. The van der Waals surface area contributed by atoms with Crippen LogP contribution in [0.1, 0.15) is 26.7 Å². The molecule has 1 rings (SSSR count). The van der Waals surface area contributed by atoms with Crippen molar-refractivity contribution in [1.82, 2.24) is 9.62 Å². The summed E-state index contributed by atoms with van der Waals surface area (Å²) in [5.41, 5.74) is 5.54. The van der Waals surface area contributed by atoms with Gasteiger partial charge in [-0.25, -0.2) is 8.42 Å². The first-order valence-electron chi connectivity index (χ1n) is 7.05. The molecule has 0 aromatic heterocycles. The van der Waals surface area contributed by atoms with E-state index in [2.05, 4.69) is 5.32 Å². The van der Waals surface area contributed by atoms with Crippen molar-refractivity contribution >= 4 is 15.9 Å². The average molecular weight is 307 g/mol. The summed E-state index contributed by atoms with van der Waals surface area (Å²) >= 11 is 0. The Bertz CT molecular complexity index is 409. The van der Waals surface area contributed by atoms with Crippen molar-refractivity contribution < 1.29 is 17.9 Å². The zero-order valence-electron chi connectivity index (χ0n) is 12.2. The Kier molecular flexibility index (Phi) is 6.87. The maximum absolute atomic E-state index is 12.5. The van der Waals surface area contributed by atoms with E-state index in [-0.39, 0.29) is 25.6 Å². The SMILES string of the molecule is CCCNC(=O)C1COCCN1S(=O)(=O)C(CC)CN. The molecule has 1 fully saturated rings. The Labute approximate surface area is 120 Å². The zero-order valence-corrected chi connectivity index (χ0v) is 13.0. The van der Waals surface area contributed by atoms with E-state index < -0.39 is 21.3 Å². The lowest BCUT2D eigenvalue weighted by Crippen LogP contribution is -2.58. The molecule has 0 aromatic carbocycles. The van der Waals surface area contributed by atoms with Crippen molar-refractivity contribution in [2.75, 3.05) is 32.8 Å². The number of hydrogen-bond acceptors (Lipinski definition) is 5. The van der Waals surface area contributed by atoms with Gasteiger partial charge in [0.1, 0.15) is 6.04 Å². The van der Waals surface area contributed by atoms with Crippen LogP contribution >= 0.6 is 0 Å². The van der Waals surface area contributed by atoms with Gasteiger partial charge in [0.25, 0.3) is 0 Å². The van der Waals surface area contributed by atoms with Crippen molar-refractivity contribution in [2.45, 2.75) is 38.0 Å². The first-order valence-corrected chi connectivity index (χ1v) is 8.55. The zero-order chi connectivity index (χ0) is 15.2. The summed E-state index contributed by atoms with van der Waals surface area (Å²) in [6.45, 7) is 4.89. The second-order valence-corrected chi connectivity index (χ2v) is 6.97. The molecule has 2 unspecified atom stereocenters. The van der Waals surface area contributed by atoms with Crippen LogP contribution in [0.15, 0.2) is 0 Å². The molecule has 0 radical (unpaired) electrons. The van der Waals surface area contributed by atoms with E-state index in [1.165, 1.54) is 4.31 Å². The van der Waals surface area contributed by atoms with Crippen LogP contribution in [0, 0.1) is 0 Å². The standard InChI is InChI=1S/C12H25N3O4S/c1-3-5-14-12(16)11-9-19-7-6-15(11)20(17,18)10(4-2)8-13/h10-11H,3-9,13H2,1-2H3,(H,14,16). The van der Waals surface area contributed by atoms with Gasteiger partial charge in [-0.2, -0.15) is 4.31 Å². The maximum Gasteiger partial charge on any atom is 0.240 e. The van der Waals surface area contributed by atoms with Crippen molar-refractivity contribution in [3.8, 4) is 0 Å². The summed E-state index contributed by atoms with van der Waals surface area (Å²) in [7, 11) is -3.58. The Morgan fingerprint density at radius 1 is 1.50 bits per heavy atom. The summed E-state index contributed by atoms with van der Waals surface area (Å²) in [5.74, 6) is -0.304. The summed E-state index contributed by atoms with van der Waals surface area (Å²) in [4.78, 5) is 12.1. The lowest BCUT2D eigenvalue weighted by atomic mass is 10.2. The van der Waals surface area contributed by atoms with E-state index in [1.54, 1.807) is 6.92 Å². The van der Waals surface area contributed by atoms with E-state index in [4.69, 9.17) is 10.5 Å². The lowest BCUT2D eigenvalue weighted by Gasteiger charge is -2.35. The second-order valence-electron chi connectivity index (χ2n) is 4.80. The molecule has 0 aromatic rings. The Morgan fingerprint density at radius 2 is 2.20 bits per heavy atom. The first kappa shape index (κ1) is 17.4. The molecule has 1 amide bonds. The molecule has 1 aliphatic rings. The number of hydrogen-bond donors (Lipinski definition) is 2. The highest BCUT2D eigenvalue weighted by atomic mass is 32.2. The molecule has 0 bridgehead atoms. The van der Waals surface area contributed by atoms with Crippen LogP contribution in [-0.2, 0) is 19.6 Å². The maximum atomic E-state index is 12.5. The predicted octanol–water partition coefficient (Wildman–Crippen LogP) is -0.719. The van der Waals surface area contributed by atoms with Gasteiger partial charge in [0.2, 0.25) is 15.9 Å². The topological polar surface area (TPSA) is 102 Å². The molecule has 7 nitrogen and oxygen atoms in total. The third-order valence-electron chi connectivity index (χ3n) is 3.40. The fourth-order valence-electron chi connectivity index (χ4n) is 2.16. The van der Waals surface area contributed by atoms with Crippen molar-refractivity contribution in [3.63, 3.8) is 0 Å². The molecular weight excluding hydrogens is 282 g/mol. The summed E-state index contributed by atoms with van der Waals surface area (Å²) in [5, 5.41) is 2.07. The smallest absolute Gasteiger partial charge is 0.240 e. The van der Waals surface area contributed by atoms with Crippen LogP contribution in [0.4, 0.5) is 0 Å². The Morgan fingerprint density at radius 3 is 2.75 bits per heavy atom. The molecule has 0 saturated carbocycles. The summed E-state index contributed by atoms with van der Waals surface area (Å²) < 4.78 is 31.6. The minimum Gasteiger partial charge on any atom is -0.378 e. The fraction of sp³-hybridized carbons (Fsp3) is 0.917. The molecule has 8 heteroatoms. The molecule has 20 heavy (non-hydrogen) atoms. The largest absolute Gasteiger partial charge is 0.378 e. The van der Waals surface area contributed by atoms with Gasteiger partial charge in [-0.15, -0.1) is 0 Å². The van der Waals surface area contributed by atoms with E-state index in [9.17, 15) is 13.2 Å². The number of sulfonamides is 1. The normalized spacial score (nSPS) is 22.4. The minimum atomic E-state index is -3.58. The number of carbonyl (C=O) groups is 1. The molecule has 2 atom stereocenters. The number of rotatable bonds is 7. The fourth-order valence-corrected chi connectivity index (χ4v) is 4.04. The number of morpholine rings is 1. The van der Waals surface area contributed by atoms with E-state index in [0.29, 0.717) is 19.6 Å². The minimum absolute atomic E-state index is 0.0550. The van der Waals surface area contributed by atoms with Gasteiger partial charge < -0.3 is 15.8 Å². The van der Waals surface area contributed by atoms with Crippen LogP contribution in [0.2, 0.25) is 0 Å². The lowest BCUT2D eigenvalue weighted by molar-refractivity contribution is -0.129. The van der Waals surface area contributed by atoms with Gasteiger partial charge in [0.05, 0.1) is 18.5 Å². The van der Waals surface area contributed by atoms with Gasteiger partial charge in [0, 0.05) is 19.6 Å². The first-order chi connectivity index (χ1) is 9.48. The van der Waals surface area contributed by atoms with Crippen LogP contribution in [0.25, 0.3) is 0 Å². The quantitative estimate of drug-likeness (QED) is 0.646. The molecule has 3 N–H and O–H groups in total. The highest BCUT2D eigenvalue weighted by molar-refractivity contribution is 7.89. The predicted molar refractivity (Wildman–Crippen MR) is 76.7 cm³/mol.